The van der Waals surface area contributed by atoms with Crippen LogP contribution in [0.25, 0.3) is 33.6 Å². The van der Waals surface area contributed by atoms with Gasteiger partial charge in [0, 0.05) is 12.5 Å². The van der Waals surface area contributed by atoms with E-state index in [0.717, 1.165) is 71.0 Å². The molecule has 1 saturated heterocycles. The number of nitrogens with zero attached hydrogens (tertiary/aromatic N) is 3. The summed E-state index contributed by atoms with van der Waals surface area (Å²) in [7, 11) is 1.29. The molecule has 256 valence electrons. The molecule has 1 aliphatic heterocycles. The number of carboxylic acid groups (broad SMARTS) is 1. The van der Waals surface area contributed by atoms with Crippen molar-refractivity contribution in [1.29, 1.82) is 0 Å². The van der Waals surface area contributed by atoms with Crippen LogP contribution >= 0.6 is 0 Å². The van der Waals surface area contributed by atoms with Crippen LogP contribution in [-0.2, 0) is 14.3 Å². The summed E-state index contributed by atoms with van der Waals surface area (Å²) in [6, 6.07) is 15.8. The van der Waals surface area contributed by atoms with Crippen molar-refractivity contribution in [3.05, 3.63) is 72.6 Å². The number of alkyl carbamates (subject to hydrolysis) is 1. The number of carboxylic acids is 1. The molecule has 3 fully saturated rings. The van der Waals surface area contributed by atoms with Gasteiger partial charge in [-0.3, -0.25) is 9.59 Å². The maximum absolute atomic E-state index is 13.5. The van der Waals surface area contributed by atoms with E-state index in [1.54, 1.807) is 0 Å². The third-order valence-electron chi connectivity index (χ3n) is 11.0. The number of benzene rings is 2. The first kappa shape index (κ1) is 32.6. The molecule has 0 radical (unpaired) electrons. The first-order valence-corrected chi connectivity index (χ1v) is 17.3. The summed E-state index contributed by atoms with van der Waals surface area (Å²) in [6.45, 7) is 6.48. The van der Waals surface area contributed by atoms with E-state index in [4.69, 9.17) is 4.74 Å². The summed E-state index contributed by atoms with van der Waals surface area (Å²) in [6.07, 6.45) is 6.75. The number of aliphatic carboxylic acids is 1. The van der Waals surface area contributed by atoms with Gasteiger partial charge in [0.05, 0.1) is 42.9 Å². The van der Waals surface area contributed by atoms with Gasteiger partial charge in [-0.2, -0.15) is 0 Å². The number of fused-ring (bicyclic) bond motifs is 1. The molecule has 0 spiro atoms. The zero-order valence-corrected chi connectivity index (χ0v) is 28.3. The van der Waals surface area contributed by atoms with E-state index in [1.807, 2.05) is 31.1 Å². The second-order valence-electron chi connectivity index (χ2n) is 14.3. The largest absolute Gasteiger partial charge is 0.481 e. The zero-order valence-electron chi connectivity index (χ0n) is 28.3. The Bertz CT molecular complexity index is 1830. The van der Waals surface area contributed by atoms with Crippen molar-refractivity contribution < 1.29 is 24.2 Å². The Hall–Kier alpha value is -4.93. The standard InChI is InChI=1S/C38H44N6O5/c1-20(2)33(43-38(48)49-4)36(45)44-17-5-6-29(44)34-39-18-27(41-34)24-12-8-22(9-13-24)23-10-14-25(15-11-23)28-19-40-35(42-28)32-26-16-7-21(3)30(31(26)32)37(46)47/h8-15,18-21,26,29-33H,5-7,16-17H2,1-4H3,(H,39,41)(H,40,42)(H,43,48)(H,46,47)/t21-,26+,29-,30+,31+,32?,33-/m0/s1. The van der Waals surface area contributed by atoms with Crippen molar-refractivity contribution in [3.63, 3.8) is 0 Å². The summed E-state index contributed by atoms with van der Waals surface area (Å²) >= 11 is 0. The minimum absolute atomic E-state index is 0.0933. The summed E-state index contributed by atoms with van der Waals surface area (Å²) in [5.41, 5.74) is 6.02. The van der Waals surface area contributed by atoms with Crippen molar-refractivity contribution in [2.45, 2.75) is 64.5 Å². The molecule has 49 heavy (non-hydrogen) atoms. The topological polar surface area (TPSA) is 153 Å². The maximum atomic E-state index is 13.5. The number of ether oxygens (including phenoxy) is 1. The number of rotatable bonds is 9. The van der Waals surface area contributed by atoms with Gasteiger partial charge in [0.1, 0.15) is 17.7 Å². The van der Waals surface area contributed by atoms with Crippen LogP contribution in [0.3, 0.4) is 0 Å². The monoisotopic (exact) mass is 664 g/mol. The maximum Gasteiger partial charge on any atom is 0.407 e. The van der Waals surface area contributed by atoms with Crippen LogP contribution < -0.4 is 5.32 Å². The molecule has 2 aromatic heterocycles. The van der Waals surface area contributed by atoms with Gasteiger partial charge in [0.25, 0.3) is 0 Å². The molecular formula is C38H44N6O5. The number of carbonyl (C=O) groups excluding carboxylic acids is 2. The summed E-state index contributed by atoms with van der Waals surface area (Å²) < 4.78 is 4.75. The lowest BCUT2D eigenvalue weighted by molar-refractivity contribution is -0.145. The van der Waals surface area contributed by atoms with Gasteiger partial charge in [0.2, 0.25) is 5.91 Å². The van der Waals surface area contributed by atoms with Crippen LogP contribution in [-0.4, -0.2) is 67.6 Å². The molecule has 3 aliphatic rings. The van der Waals surface area contributed by atoms with Crippen LogP contribution in [0.15, 0.2) is 60.9 Å². The second kappa shape index (κ2) is 13.2. The fourth-order valence-electron chi connectivity index (χ4n) is 8.25. The number of hydrogen-bond donors (Lipinski definition) is 4. The summed E-state index contributed by atoms with van der Waals surface area (Å²) in [5, 5.41) is 12.5. The molecule has 2 aromatic carbocycles. The Morgan fingerprint density at radius 3 is 2.02 bits per heavy atom. The predicted octanol–water partition coefficient (Wildman–Crippen LogP) is 6.64. The molecule has 7 atom stereocenters. The highest BCUT2D eigenvalue weighted by molar-refractivity contribution is 5.86. The number of imidazole rings is 2. The van der Waals surface area contributed by atoms with E-state index >= 15 is 0 Å². The molecule has 2 amide bonds. The zero-order chi connectivity index (χ0) is 34.4. The van der Waals surface area contributed by atoms with Gasteiger partial charge in [0.15, 0.2) is 0 Å². The molecule has 11 heteroatoms. The van der Waals surface area contributed by atoms with Crippen LogP contribution in [0.1, 0.15) is 70.1 Å². The molecule has 1 unspecified atom stereocenters. The Labute approximate surface area is 285 Å². The van der Waals surface area contributed by atoms with Crippen molar-refractivity contribution in [3.8, 4) is 33.6 Å². The van der Waals surface area contributed by atoms with Gasteiger partial charge in [-0.25, -0.2) is 14.8 Å². The number of H-pyrrole nitrogens is 2. The highest BCUT2D eigenvalue weighted by atomic mass is 16.5. The van der Waals surface area contributed by atoms with Crippen LogP contribution in [0, 0.1) is 29.6 Å². The molecule has 7 rings (SSSR count). The lowest BCUT2D eigenvalue weighted by Crippen LogP contribution is -2.51. The Morgan fingerprint density at radius 1 is 0.878 bits per heavy atom. The normalized spacial score (nSPS) is 25.1. The molecule has 2 aliphatic carbocycles. The first-order chi connectivity index (χ1) is 23.6. The molecule has 3 heterocycles. The smallest absolute Gasteiger partial charge is 0.407 e. The number of carbonyl (C=O) groups is 3. The number of aromatic nitrogens is 4. The van der Waals surface area contributed by atoms with Gasteiger partial charge in [-0.1, -0.05) is 69.3 Å². The predicted molar refractivity (Wildman–Crippen MR) is 184 cm³/mol. The van der Waals surface area contributed by atoms with E-state index in [0.29, 0.717) is 12.5 Å². The average Bonchev–Trinajstić information content (AvgIpc) is 3.57. The van der Waals surface area contributed by atoms with Gasteiger partial charge in [-0.05, 0) is 71.6 Å². The minimum Gasteiger partial charge on any atom is -0.481 e. The number of nitrogens with one attached hydrogen (secondary N) is 3. The van der Waals surface area contributed by atoms with E-state index in [1.165, 1.54) is 7.11 Å². The van der Waals surface area contributed by atoms with Crippen molar-refractivity contribution in [1.82, 2.24) is 30.2 Å². The molecule has 0 bridgehead atoms. The van der Waals surface area contributed by atoms with E-state index < -0.39 is 18.1 Å². The molecular weight excluding hydrogens is 620 g/mol. The van der Waals surface area contributed by atoms with Crippen molar-refractivity contribution in [2.24, 2.45) is 29.6 Å². The third kappa shape index (κ3) is 6.22. The van der Waals surface area contributed by atoms with Crippen molar-refractivity contribution >= 4 is 18.0 Å². The Morgan fingerprint density at radius 2 is 1.45 bits per heavy atom. The summed E-state index contributed by atoms with van der Waals surface area (Å²) in [5.74, 6) is 1.47. The lowest BCUT2D eigenvalue weighted by Gasteiger charge is -2.30. The number of hydrogen-bond acceptors (Lipinski definition) is 6. The number of methoxy groups -OCH3 is 1. The van der Waals surface area contributed by atoms with Crippen LogP contribution in [0.5, 0.6) is 0 Å². The highest BCUT2D eigenvalue weighted by Crippen LogP contribution is 2.64. The summed E-state index contributed by atoms with van der Waals surface area (Å²) in [4.78, 5) is 55.4. The molecule has 2 saturated carbocycles. The molecule has 4 N–H and O–H groups in total. The number of likely N-dealkylation sites (tertiary alicyclic amines) is 1. The van der Waals surface area contributed by atoms with Crippen LogP contribution in [0.4, 0.5) is 4.79 Å². The van der Waals surface area contributed by atoms with Crippen LogP contribution in [0.2, 0.25) is 0 Å². The Balaban J connectivity index is 1.01. The highest BCUT2D eigenvalue weighted by Gasteiger charge is 2.61. The van der Waals surface area contributed by atoms with Gasteiger partial charge < -0.3 is 30.0 Å². The fourth-order valence-corrected chi connectivity index (χ4v) is 8.25. The van der Waals surface area contributed by atoms with Gasteiger partial charge in [-0.15, -0.1) is 0 Å². The van der Waals surface area contributed by atoms with E-state index in [-0.39, 0.29) is 41.5 Å². The second-order valence-corrected chi connectivity index (χ2v) is 14.3. The van der Waals surface area contributed by atoms with Crippen molar-refractivity contribution in [2.75, 3.05) is 13.7 Å². The fraction of sp³-hybridized carbons (Fsp3) is 0.447. The quantitative estimate of drug-likeness (QED) is 0.157. The molecule has 11 nitrogen and oxygen atoms in total. The number of aromatic amines is 2. The van der Waals surface area contributed by atoms with E-state index in [9.17, 15) is 19.5 Å². The van der Waals surface area contributed by atoms with Gasteiger partial charge >= 0.3 is 12.1 Å². The minimum atomic E-state index is -0.675. The van der Waals surface area contributed by atoms with E-state index in [2.05, 4.69) is 80.7 Å². The average molecular weight is 665 g/mol. The lowest BCUT2D eigenvalue weighted by atomic mass is 9.80. The third-order valence-corrected chi connectivity index (χ3v) is 11.0. The number of amides is 2. The SMILES string of the molecule is COC(=O)N[C@H](C(=O)N1CCC[C@H]1c1ncc(-c2ccc(-c3ccc(-c4cnc(C5[C@H]6[C@H](C(=O)O)[C@@H](C)CC[C@@H]56)[nH]4)cc3)cc2)[nH]1)C(C)C. The Kier molecular flexibility index (Phi) is 8.77. The first-order valence-electron chi connectivity index (χ1n) is 17.3. The molecule has 4 aromatic rings.